The summed E-state index contributed by atoms with van der Waals surface area (Å²) in [6.45, 7) is 14.8. The summed E-state index contributed by atoms with van der Waals surface area (Å²) in [6.07, 6.45) is 4.29. The molecular weight excluding hydrogens is 248 g/mol. The summed E-state index contributed by atoms with van der Waals surface area (Å²) in [5.74, 6) is 1.31. The SMILES string of the molecule is CCCNCc1nc(C(C)C)ncc1N(CC)CCC. The molecule has 0 aliphatic heterocycles. The van der Waals surface area contributed by atoms with Crippen LogP contribution in [0, 0.1) is 0 Å². The molecule has 114 valence electrons. The molecule has 0 aromatic carbocycles. The molecule has 0 bridgehead atoms. The largest absolute Gasteiger partial charge is 0.369 e. The number of hydrogen-bond acceptors (Lipinski definition) is 4. The Hall–Kier alpha value is -1.16. The number of nitrogens with one attached hydrogen (secondary N) is 1. The molecule has 0 unspecified atom stereocenters. The quantitative estimate of drug-likeness (QED) is 0.703. The van der Waals surface area contributed by atoms with Gasteiger partial charge in [-0.1, -0.05) is 27.7 Å². The van der Waals surface area contributed by atoms with Crippen LogP contribution < -0.4 is 10.2 Å². The van der Waals surface area contributed by atoms with Crippen molar-refractivity contribution in [3.8, 4) is 0 Å². The first-order valence-electron chi connectivity index (χ1n) is 7.95. The summed E-state index contributed by atoms with van der Waals surface area (Å²) in [5.41, 5.74) is 2.31. The minimum absolute atomic E-state index is 0.371. The van der Waals surface area contributed by atoms with Gasteiger partial charge in [0.1, 0.15) is 5.82 Å². The van der Waals surface area contributed by atoms with E-state index in [9.17, 15) is 0 Å². The van der Waals surface area contributed by atoms with Gasteiger partial charge in [0.2, 0.25) is 0 Å². The molecule has 1 N–H and O–H groups in total. The van der Waals surface area contributed by atoms with Crippen molar-refractivity contribution >= 4 is 5.69 Å². The van der Waals surface area contributed by atoms with Crippen molar-refractivity contribution in [1.29, 1.82) is 0 Å². The lowest BCUT2D eigenvalue weighted by Crippen LogP contribution is -2.27. The Morgan fingerprint density at radius 2 is 1.95 bits per heavy atom. The van der Waals surface area contributed by atoms with E-state index in [1.807, 2.05) is 6.20 Å². The Balaban J connectivity index is 3.00. The van der Waals surface area contributed by atoms with Gasteiger partial charge in [-0.05, 0) is 26.3 Å². The topological polar surface area (TPSA) is 41.1 Å². The van der Waals surface area contributed by atoms with Gasteiger partial charge in [0.25, 0.3) is 0 Å². The highest BCUT2D eigenvalue weighted by Gasteiger charge is 2.13. The van der Waals surface area contributed by atoms with E-state index >= 15 is 0 Å². The summed E-state index contributed by atoms with van der Waals surface area (Å²) >= 11 is 0. The van der Waals surface area contributed by atoms with Crippen molar-refractivity contribution in [1.82, 2.24) is 15.3 Å². The summed E-state index contributed by atoms with van der Waals surface area (Å²) in [7, 11) is 0. The maximum Gasteiger partial charge on any atom is 0.131 e. The molecule has 1 aromatic heterocycles. The minimum atomic E-state index is 0.371. The number of aromatic nitrogens is 2. The van der Waals surface area contributed by atoms with Crippen LogP contribution in [0.4, 0.5) is 5.69 Å². The maximum atomic E-state index is 4.78. The maximum absolute atomic E-state index is 4.78. The van der Waals surface area contributed by atoms with E-state index in [1.54, 1.807) is 0 Å². The van der Waals surface area contributed by atoms with E-state index in [1.165, 1.54) is 5.69 Å². The zero-order valence-corrected chi connectivity index (χ0v) is 13.7. The van der Waals surface area contributed by atoms with Crippen LogP contribution in [0.5, 0.6) is 0 Å². The van der Waals surface area contributed by atoms with Crippen molar-refractivity contribution < 1.29 is 0 Å². The Morgan fingerprint density at radius 1 is 1.20 bits per heavy atom. The van der Waals surface area contributed by atoms with E-state index in [0.29, 0.717) is 5.92 Å². The lowest BCUT2D eigenvalue weighted by molar-refractivity contribution is 0.646. The second-order valence-corrected chi connectivity index (χ2v) is 5.47. The number of nitrogens with zero attached hydrogens (tertiary/aromatic N) is 3. The van der Waals surface area contributed by atoms with Crippen molar-refractivity contribution in [2.24, 2.45) is 0 Å². The lowest BCUT2D eigenvalue weighted by atomic mass is 10.2. The molecule has 0 spiro atoms. The van der Waals surface area contributed by atoms with Crippen LogP contribution in [0.2, 0.25) is 0 Å². The highest BCUT2D eigenvalue weighted by atomic mass is 15.1. The first-order valence-corrected chi connectivity index (χ1v) is 7.95. The molecular formula is C16H30N4. The Kier molecular flexibility index (Phi) is 7.52. The Bertz CT molecular complexity index is 390. The second-order valence-electron chi connectivity index (χ2n) is 5.47. The van der Waals surface area contributed by atoms with Gasteiger partial charge >= 0.3 is 0 Å². The van der Waals surface area contributed by atoms with Crippen LogP contribution in [-0.4, -0.2) is 29.6 Å². The molecule has 1 heterocycles. The van der Waals surface area contributed by atoms with Gasteiger partial charge in [-0.3, -0.25) is 0 Å². The predicted molar refractivity (Wildman–Crippen MR) is 86.3 cm³/mol. The molecule has 4 heteroatoms. The van der Waals surface area contributed by atoms with Gasteiger partial charge in [0.05, 0.1) is 17.6 Å². The molecule has 0 saturated carbocycles. The van der Waals surface area contributed by atoms with E-state index in [2.05, 4.69) is 49.8 Å². The first-order chi connectivity index (χ1) is 9.63. The van der Waals surface area contributed by atoms with Gasteiger partial charge in [0, 0.05) is 25.6 Å². The highest BCUT2D eigenvalue weighted by Crippen LogP contribution is 2.20. The molecule has 0 fully saturated rings. The van der Waals surface area contributed by atoms with Crippen molar-refractivity contribution in [3.05, 3.63) is 17.7 Å². The third kappa shape index (κ3) is 4.75. The van der Waals surface area contributed by atoms with E-state index < -0.39 is 0 Å². The standard InChI is InChI=1S/C16H30N4/c1-6-9-17-11-14-15(20(8-3)10-7-2)12-18-16(19-14)13(4)5/h12-13,17H,6-11H2,1-5H3. The molecule has 20 heavy (non-hydrogen) atoms. The molecule has 0 aliphatic carbocycles. The second kappa shape index (κ2) is 8.90. The van der Waals surface area contributed by atoms with Crippen LogP contribution >= 0.6 is 0 Å². The Morgan fingerprint density at radius 3 is 2.50 bits per heavy atom. The number of anilines is 1. The smallest absolute Gasteiger partial charge is 0.131 e. The third-order valence-electron chi connectivity index (χ3n) is 3.32. The van der Waals surface area contributed by atoms with Crippen molar-refractivity contribution in [2.75, 3.05) is 24.5 Å². The zero-order valence-electron chi connectivity index (χ0n) is 13.7. The van der Waals surface area contributed by atoms with Crippen LogP contribution in [-0.2, 0) is 6.54 Å². The van der Waals surface area contributed by atoms with Crippen LogP contribution in [0.1, 0.15) is 64.9 Å². The average Bonchev–Trinajstić information content (AvgIpc) is 2.45. The molecule has 0 amide bonds. The fourth-order valence-electron chi connectivity index (χ4n) is 2.20. The molecule has 0 atom stereocenters. The molecule has 0 saturated heterocycles. The van der Waals surface area contributed by atoms with Crippen LogP contribution in [0.25, 0.3) is 0 Å². The van der Waals surface area contributed by atoms with Crippen molar-refractivity contribution in [3.63, 3.8) is 0 Å². The van der Waals surface area contributed by atoms with Gasteiger partial charge in [0.15, 0.2) is 0 Å². The van der Waals surface area contributed by atoms with Gasteiger partial charge in [-0.15, -0.1) is 0 Å². The van der Waals surface area contributed by atoms with E-state index in [0.717, 1.165) is 50.5 Å². The molecule has 1 aromatic rings. The fraction of sp³-hybridized carbons (Fsp3) is 0.750. The fourth-order valence-corrected chi connectivity index (χ4v) is 2.20. The molecule has 4 nitrogen and oxygen atoms in total. The summed E-state index contributed by atoms with van der Waals surface area (Å²) in [4.78, 5) is 11.7. The summed E-state index contributed by atoms with van der Waals surface area (Å²) in [6, 6.07) is 0. The van der Waals surface area contributed by atoms with E-state index in [-0.39, 0.29) is 0 Å². The van der Waals surface area contributed by atoms with Gasteiger partial charge in [-0.2, -0.15) is 0 Å². The zero-order chi connectivity index (χ0) is 15.0. The summed E-state index contributed by atoms with van der Waals surface area (Å²) in [5, 5.41) is 3.46. The monoisotopic (exact) mass is 278 g/mol. The molecule has 0 radical (unpaired) electrons. The molecule has 0 aliphatic rings. The average molecular weight is 278 g/mol. The third-order valence-corrected chi connectivity index (χ3v) is 3.32. The molecule has 1 rings (SSSR count). The van der Waals surface area contributed by atoms with E-state index in [4.69, 9.17) is 4.98 Å². The normalized spacial score (nSPS) is 11.1. The van der Waals surface area contributed by atoms with Crippen LogP contribution in [0.15, 0.2) is 6.20 Å². The van der Waals surface area contributed by atoms with Gasteiger partial charge in [-0.25, -0.2) is 9.97 Å². The number of rotatable bonds is 9. The number of hydrogen-bond donors (Lipinski definition) is 1. The van der Waals surface area contributed by atoms with Crippen LogP contribution in [0.3, 0.4) is 0 Å². The van der Waals surface area contributed by atoms with Crippen molar-refractivity contribution in [2.45, 2.75) is 59.9 Å². The summed E-state index contributed by atoms with van der Waals surface area (Å²) < 4.78 is 0. The minimum Gasteiger partial charge on any atom is -0.369 e. The Labute approximate surface area is 124 Å². The predicted octanol–water partition coefficient (Wildman–Crippen LogP) is 3.34. The van der Waals surface area contributed by atoms with Gasteiger partial charge < -0.3 is 10.2 Å². The highest BCUT2D eigenvalue weighted by molar-refractivity contribution is 5.49. The lowest BCUT2D eigenvalue weighted by Gasteiger charge is -2.25. The first kappa shape index (κ1) is 16.9.